The van der Waals surface area contributed by atoms with Gasteiger partial charge in [-0.3, -0.25) is 4.79 Å². The van der Waals surface area contributed by atoms with E-state index in [1.54, 1.807) is 15.8 Å². The summed E-state index contributed by atoms with van der Waals surface area (Å²) in [4.78, 5) is 13.9. The van der Waals surface area contributed by atoms with Gasteiger partial charge in [-0.25, -0.2) is 13.5 Å². The highest BCUT2D eigenvalue weighted by Crippen LogP contribution is 2.22. The van der Waals surface area contributed by atoms with Gasteiger partial charge in [0.05, 0.1) is 24.4 Å². The molecule has 1 atom stereocenters. The highest BCUT2D eigenvalue weighted by Gasteiger charge is 2.29. The Balaban J connectivity index is 1.65. The summed E-state index contributed by atoms with van der Waals surface area (Å²) in [5, 5.41) is 7.93. The number of rotatable bonds is 4. The molecule has 0 saturated carbocycles. The molecule has 1 amide bonds. The standard InChI is InChI=1S/C15H17F2N5O/c16-13-2-1-3-14(17)12(13)6-15(23)21-5-4-11(9-21)22-8-10(7-18)19-20-22/h1-3,8,11H,4-7,9,18H2. The van der Waals surface area contributed by atoms with Crippen molar-refractivity contribution in [1.29, 1.82) is 0 Å². The maximum Gasteiger partial charge on any atom is 0.227 e. The number of aromatic nitrogens is 3. The van der Waals surface area contributed by atoms with Crippen LogP contribution in [0, 0.1) is 11.6 Å². The van der Waals surface area contributed by atoms with Gasteiger partial charge >= 0.3 is 0 Å². The van der Waals surface area contributed by atoms with Crippen LogP contribution in [-0.2, 0) is 17.8 Å². The Morgan fingerprint density at radius 2 is 2.09 bits per heavy atom. The third-order valence-electron chi connectivity index (χ3n) is 4.05. The lowest BCUT2D eigenvalue weighted by molar-refractivity contribution is -0.129. The number of hydrogen-bond acceptors (Lipinski definition) is 4. The Morgan fingerprint density at radius 1 is 1.35 bits per heavy atom. The van der Waals surface area contributed by atoms with E-state index in [2.05, 4.69) is 10.3 Å². The van der Waals surface area contributed by atoms with Crippen LogP contribution in [0.5, 0.6) is 0 Å². The molecule has 1 fully saturated rings. The van der Waals surface area contributed by atoms with Crippen LogP contribution in [0.15, 0.2) is 24.4 Å². The van der Waals surface area contributed by atoms with Crippen molar-refractivity contribution in [2.24, 2.45) is 5.73 Å². The summed E-state index contributed by atoms with van der Waals surface area (Å²) in [5.41, 5.74) is 6.00. The van der Waals surface area contributed by atoms with Gasteiger partial charge in [0.2, 0.25) is 5.91 Å². The fourth-order valence-corrected chi connectivity index (χ4v) is 2.73. The van der Waals surface area contributed by atoms with E-state index in [9.17, 15) is 13.6 Å². The van der Waals surface area contributed by atoms with Gasteiger partial charge < -0.3 is 10.6 Å². The highest BCUT2D eigenvalue weighted by atomic mass is 19.1. The summed E-state index contributed by atoms with van der Waals surface area (Å²) >= 11 is 0. The summed E-state index contributed by atoms with van der Waals surface area (Å²) in [6, 6.07) is 3.60. The molecule has 1 unspecified atom stereocenters. The number of amides is 1. The second-order valence-corrected chi connectivity index (χ2v) is 5.55. The van der Waals surface area contributed by atoms with Crippen molar-refractivity contribution in [3.05, 3.63) is 47.3 Å². The average molecular weight is 321 g/mol. The number of halogens is 2. The molecule has 0 spiro atoms. The van der Waals surface area contributed by atoms with Crippen LogP contribution in [0.25, 0.3) is 0 Å². The number of carbonyl (C=O) groups is 1. The summed E-state index contributed by atoms with van der Waals surface area (Å²) in [6.45, 7) is 1.28. The van der Waals surface area contributed by atoms with E-state index in [0.29, 0.717) is 25.3 Å². The molecule has 6 nitrogen and oxygen atoms in total. The molecule has 2 heterocycles. The molecule has 3 rings (SSSR count). The molecule has 122 valence electrons. The molecular formula is C15H17F2N5O. The first-order valence-corrected chi connectivity index (χ1v) is 7.40. The number of benzene rings is 1. The Bertz CT molecular complexity index is 697. The molecule has 0 aliphatic carbocycles. The fraction of sp³-hybridized carbons (Fsp3) is 0.400. The van der Waals surface area contributed by atoms with Crippen LogP contribution >= 0.6 is 0 Å². The van der Waals surface area contributed by atoms with Gasteiger partial charge in [0.25, 0.3) is 0 Å². The Hall–Kier alpha value is -2.35. The second-order valence-electron chi connectivity index (χ2n) is 5.55. The fourth-order valence-electron chi connectivity index (χ4n) is 2.73. The molecule has 1 saturated heterocycles. The average Bonchev–Trinajstić information content (AvgIpc) is 3.19. The van der Waals surface area contributed by atoms with Crippen molar-refractivity contribution in [2.45, 2.75) is 25.4 Å². The molecule has 23 heavy (non-hydrogen) atoms. The van der Waals surface area contributed by atoms with Crippen molar-refractivity contribution < 1.29 is 13.6 Å². The molecular weight excluding hydrogens is 304 g/mol. The second kappa shape index (κ2) is 6.41. The van der Waals surface area contributed by atoms with Crippen LogP contribution in [-0.4, -0.2) is 38.9 Å². The molecule has 2 aromatic rings. The maximum absolute atomic E-state index is 13.6. The molecule has 1 aliphatic rings. The number of hydrogen-bond donors (Lipinski definition) is 1. The Morgan fingerprint density at radius 3 is 2.74 bits per heavy atom. The largest absolute Gasteiger partial charge is 0.340 e. The van der Waals surface area contributed by atoms with Crippen LogP contribution < -0.4 is 5.73 Å². The third kappa shape index (κ3) is 3.21. The predicted molar refractivity (Wildman–Crippen MR) is 78.2 cm³/mol. The molecule has 2 N–H and O–H groups in total. The summed E-state index contributed by atoms with van der Waals surface area (Å²) in [5.74, 6) is -1.69. The van der Waals surface area contributed by atoms with Crippen molar-refractivity contribution in [3.63, 3.8) is 0 Å². The molecule has 0 radical (unpaired) electrons. The highest BCUT2D eigenvalue weighted by molar-refractivity contribution is 5.79. The quantitative estimate of drug-likeness (QED) is 0.912. The van der Waals surface area contributed by atoms with Gasteiger partial charge in [-0.2, -0.15) is 0 Å². The summed E-state index contributed by atoms with van der Waals surface area (Å²) < 4.78 is 29.0. The van der Waals surface area contributed by atoms with Crippen LogP contribution in [0.1, 0.15) is 23.7 Å². The number of likely N-dealkylation sites (tertiary alicyclic amines) is 1. The minimum absolute atomic E-state index is 0.0113. The van der Waals surface area contributed by atoms with Gasteiger partial charge in [-0.05, 0) is 18.6 Å². The zero-order chi connectivity index (χ0) is 16.4. The van der Waals surface area contributed by atoms with Crippen molar-refractivity contribution in [2.75, 3.05) is 13.1 Å². The summed E-state index contributed by atoms with van der Waals surface area (Å²) in [6.07, 6.45) is 2.20. The lowest BCUT2D eigenvalue weighted by atomic mass is 10.1. The number of nitrogens with zero attached hydrogens (tertiary/aromatic N) is 4. The van der Waals surface area contributed by atoms with Gasteiger partial charge in [0.15, 0.2) is 0 Å². The first kappa shape index (κ1) is 15.5. The number of nitrogens with two attached hydrogens (primary N) is 1. The van der Waals surface area contributed by atoms with E-state index in [1.165, 1.54) is 6.07 Å². The van der Waals surface area contributed by atoms with Crippen molar-refractivity contribution in [1.82, 2.24) is 19.9 Å². The molecule has 0 bridgehead atoms. The zero-order valence-corrected chi connectivity index (χ0v) is 12.5. The third-order valence-corrected chi connectivity index (χ3v) is 4.05. The molecule has 1 aliphatic heterocycles. The van der Waals surface area contributed by atoms with Crippen LogP contribution in [0.4, 0.5) is 8.78 Å². The predicted octanol–water partition coefficient (Wildman–Crippen LogP) is 1.03. The van der Waals surface area contributed by atoms with Gasteiger partial charge in [-0.1, -0.05) is 11.3 Å². The first-order chi connectivity index (χ1) is 11.1. The molecule has 1 aromatic heterocycles. The van der Waals surface area contributed by atoms with E-state index in [-0.39, 0.29) is 23.9 Å². The minimum Gasteiger partial charge on any atom is -0.340 e. The van der Waals surface area contributed by atoms with Gasteiger partial charge in [-0.15, -0.1) is 5.10 Å². The lowest BCUT2D eigenvalue weighted by Gasteiger charge is -2.17. The summed E-state index contributed by atoms with van der Waals surface area (Å²) in [7, 11) is 0. The van der Waals surface area contributed by atoms with Crippen molar-refractivity contribution in [3.8, 4) is 0 Å². The number of carbonyl (C=O) groups excluding carboxylic acids is 1. The topological polar surface area (TPSA) is 77.0 Å². The van der Waals surface area contributed by atoms with Crippen LogP contribution in [0.3, 0.4) is 0 Å². The Kier molecular flexibility index (Phi) is 4.33. The lowest BCUT2D eigenvalue weighted by Crippen LogP contribution is -2.31. The van der Waals surface area contributed by atoms with Crippen LogP contribution in [0.2, 0.25) is 0 Å². The SMILES string of the molecule is NCc1cn(C2CCN(C(=O)Cc3c(F)cccc3F)C2)nn1. The minimum atomic E-state index is -0.696. The Labute approximate surface area is 131 Å². The zero-order valence-electron chi connectivity index (χ0n) is 12.5. The van der Waals surface area contributed by atoms with Gasteiger partial charge in [0, 0.05) is 25.2 Å². The first-order valence-electron chi connectivity index (χ1n) is 7.40. The normalized spacial score (nSPS) is 17.7. The maximum atomic E-state index is 13.6. The smallest absolute Gasteiger partial charge is 0.227 e. The van der Waals surface area contributed by atoms with E-state index in [0.717, 1.165) is 18.6 Å². The molecule has 1 aromatic carbocycles. The van der Waals surface area contributed by atoms with E-state index in [1.807, 2.05) is 0 Å². The van der Waals surface area contributed by atoms with Gasteiger partial charge in [0.1, 0.15) is 11.6 Å². The van der Waals surface area contributed by atoms with Crippen molar-refractivity contribution >= 4 is 5.91 Å². The monoisotopic (exact) mass is 321 g/mol. The molecule has 8 heteroatoms. The van der Waals surface area contributed by atoms with E-state index < -0.39 is 11.6 Å². The van der Waals surface area contributed by atoms with E-state index >= 15 is 0 Å². The van der Waals surface area contributed by atoms with E-state index in [4.69, 9.17) is 5.73 Å².